The molecule has 0 spiro atoms. The largest absolute Gasteiger partial charge is 0.394 e. The fourth-order valence-corrected chi connectivity index (χ4v) is 6.35. The molecule has 5 N–H and O–H groups in total. The van der Waals surface area contributed by atoms with Crippen LogP contribution in [0.2, 0.25) is 0 Å². The van der Waals surface area contributed by atoms with Gasteiger partial charge in [-0.15, -0.1) is 0 Å². The van der Waals surface area contributed by atoms with Crippen molar-refractivity contribution in [3.63, 3.8) is 0 Å². The standard InChI is InChI=1S/C44H83NO5/c1-3-5-7-9-11-13-15-17-18-19-20-21-22-23-24-25-26-28-29-31-33-35-37-41(47)43(49)40(39-46)45-44(50)42(48)38-36-34-32-30-27-16-14-12-10-8-6-4-2/h24-25,27,29-31,40-43,46-49H,3-23,26,28,32-39H2,1-2H3,(H,45,50)/b25-24+,30-27-,31-29+. The van der Waals surface area contributed by atoms with Crippen LogP contribution in [0.3, 0.4) is 0 Å². The second kappa shape index (κ2) is 38.8. The SMILES string of the molecule is CCCCCCCC/C=C\CCCCC(O)C(=O)NC(CO)C(O)C(O)CCC/C=C/CC/C=C/CCCCCCCCCCCCCCC. The average molecular weight is 706 g/mol. The van der Waals surface area contributed by atoms with Gasteiger partial charge in [0.1, 0.15) is 12.2 Å². The summed E-state index contributed by atoms with van der Waals surface area (Å²) in [5.74, 6) is -0.616. The molecular weight excluding hydrogens is 622 g/mol. The lowest BCUT2D eigenvalue weighted by atomic mass is 10.00. The number of hydrogen-bond donors (Lipinski definition) is 5. The number of aliphatic hydroxyl groups excluding tert-OH is 4. The minimum atomic E-state index is -1.29. The number of carbonyl (C=O) groups is 1. The molecule has 0 aromatic heterocycles. The zero-order valence-corrected chi connectivity index (χ0v) is 32.9. The first-order chi connectivity index (χ1) is 24.5. The van der Waals surface area contributed by atoms with Gasteiger partial charge in [-0.05, 0) is 77.0 Å². The summed E-state index contributed by atoms with van der Waals surface area (Å²) in [7, 11) is 0. The van der Waals surface area contributed by atoms with Gasteiger partial charge >= 0.3 is 0 Å². The van der Waals surface area contributed by atoms with E-state index >= 15 is 0 Å². The van der Waals surface area contributed by atoms with Gasteiger partial charge in [-0.1, -0.05) is 166 Å². The van der Waals surface area contributed by atoms with E-state index in [4.69, 9.17) is 0 Å². The lowest BCUT2D eigenvalue weighted by molar-refractivity contribution is -0.132. The van der Waals surface area contributed by atoms with Crippen molar-refractivity contribution in [3.05, 3.63) is 36.5 Å². The molecule has 50 heavy (non-hydrogen) atoms. The van der Waals surface area contributed by atoms with Crippen LogP contribution in [-0.4, -0.2) is 57.3 Å². The Bertz CT molecular complexity index is 797. The van der Waals surface area contributed by atoms with E-state index in [1.807, 2.05) is 0 Å². The van der Waals surface area contributed by atoms with Crippen molar-refractivity contribution in [3.8, 4) is 0 Å². The maximum absolute atomic E-state index is 12.4. The van der Waals surface area contributed by atoms with Gasteiger partial charge in [0.05, 0.1) is 18.8 Å². The number of aliphatic hydroxyl groups is 4. The van der Waals surface area contributed by atoms with E-state index in [1.54, 1.807) is 0 Å². The third-order valence-corrected chi connectivity index (χ3v) is 9.80. The summed E-state index contributed by atoms with van der Waals surface area (Å²) in [5, 5.41) is 43.5. The molecule has 1 amide bonds. The Morgan fingerprint density at radius 2 is 0.840 bits per heavy atom. The average Bonchev–Trinajstić information content (AvgIpc) is 3.12. The molecule has 0 heterocycles. The third-order valence-electron chi connectivity index (χ3n) is 9.80. The number of nitrogens with one attached hydrogen (secondary N) is 1. The minimum Gasteiger partial charge on any atom is -0.394 e. The van der Waals surface area contributed by atoms with Crippen LogP contribution < -0.4 is 5.32 Å². The van der Waals surface area contributed by atoms with Gasteiger partial charge in [-0.25, -0.2) is 0 Å². The molecule has 0 aliphatic carbocycles. The molecule has 4 unspecified atom stereocenters. The van der Waals surface area contributed by atoms with E-state index in [-0.39, 0.29) is 0 Å². The van der Waals surface area contributed by atoms with E-state index in [0.717, 1.165) is 38.5 Å². The predicted octanol–water partition coefficient (Wildman–Crippen LogP) is 11.0. The quantitative estimate of drug-likeness (QED) is 0.0324. The Kier molecular flexibility index (Phi) is 37.6. The Labute approximate surface area is 309 Å². The molecule has 0 saturated carbocycles. The highest BCUT2D eigenvalue weighted by atomic mass is 16.3. The summed E-state index contributed by atoms with van der Waals surface area (Å²) in [6, 6.07) is -1.01. The van der Waals surface area contributed by atoms with Crippen LogP contribution >= 0.6 is 0 Å². The van der Waals surface area contributed by atoms with E-state index in [0.29, 0.717) is 25.7 Å². The van der Waals surface area contributed by atoms with E-state index in [9.17, 15) is 25.2 Å². The predicted molar refractivity (Wildman–Crippen MR) is 214 cm³/mol. The van der Waals surface area contributed by atoms with Gasteiger partial charge in [-0.2, -0.15) is 0 Å². The summed E-state index contributed by atoms with van der Waals surface area (Å²) in [5.41, 5.74) is 0. The summed E-state index contributed by atoms with van der Waals surface area (Å²) in [6.07, 6.45) is 44.7. The Morgan fingerprint density at radius 3 is 1.26 bits per heavy atom. The first kappa shape index (κ1) is 48.5. The molecule has 0 aliphatic rings. The second-order valence-corrected chi connectivity index (χ2v) is 14.7. The fraction of sp³-hybridized carbons (Fsp3) is 0.841. The second-order valence-electron chi connectivity index (χ2n) is 14.7. The van der Waals surface area contributed by atoms with Crippen molar-refractivity contribution < 1.29 is 25.2 Å². The number of carbonyl (C=O) groups excluding carboxylic acids is 1. The summed E-state index contributed by atoms with van der Waals surface area (Å²) >= 11 is 0. The Morgan fingerprint density at radius 1 is 0.480 bits per heavy atom. The number of hydrogen-bond acceptors (Lipinski definition) is 5. The van der Waals surface area contributed by atoms with Crippen molar-refractivity contribution in [1.29, 1.82) is 0 Å². The van der Waals surface area contributed by atoms with Crippen LogP contribution in [0.25, 0.3) is 0 Å². The van der Waals surface area contributed by atoms with Crippen molar-refractivity contribution >= 4 is 5.91 Å². The van der Waals surface area contributed by atoms with Gasteiger partial charge in [0.2, 0.25) is 5.91 Å². The fourth-order valence-electron chi connectivity index (χ4n) is 6.35. The number of amides is 1. The summed E-state index contributed by atoms with van der Waals surface area (Å²) < 4.78 is 0. The van der Waals surface area contributed by atoms with Crippen LogP contribution in [0.1, 0.15) is 206 Å². The number of unbranched alkanes of at least 4 members (excludes halogenated alkanes) is 23. The first-order valence-electron chi connectivity index (χ1n) is 21.4. The van der Waals surface area contributed by atoms with E-state index in [2.05, 4.69) is 55.6 Å². The molecule has 6 heteroatoms. The van der Waals surface area contributed by atoms with Crippen molar-refractivity contribution in [1.82, 2.24) is 5.32 Å². The molecule has 0 aromatic carbocycles. The molecule has 6 nitrogen and oxygen atoms in total. The molecular formula is C44H83NO5. The summed E-state index contributed by atoms with van der Waals surface area (Å²) in [4.78, 5) is 12.4. The normalized spacial score (nSPS) is 14.6. The van der Waals surface area contributed by atoms with Crippen molar-refractivity contribution in [2.75, 3.05) is 6.61 Å². The lowest BCUT2D eigenvalue weighted by Crippen LogP contribution is -2.53. The molecule has 0 bridgehead atoms. The van der Waals surface area contributed by atoms with Crippen molar-refractivity contribution in [2.45, 2.75) is 231 Å². The number of allylic oxidation sites excluding steroid dienone is 6. The Hall–Kier alpha value is -1.47. The Balaban J connectivity index is 3.82. The molecule has 0 aromatic rings. The lowest BCUT2D eigenvalue weighted by Gasteiger charge is -2.27. The highest BCUT2D eigenvalue weighted by Crippen LogP contribution is 2.14. The van der Waals surface area contributed by atoms with Gasteiger partial charge in [0.15, 0.2) is 0 Å². The molecule has 294 valence electrons. The molecule has 0 rings (SSSR count). The zero-order chi connectivity index (χ0) is 36.8. The van der Waals surface area contributed by atoms with Crippen LogP contribution in [0.15, 0.2) is 36.5 Å². The van der Waals surface area contributed by atoms with Crippen LogP contribution in [0.4, 0.5) is 0 Å². The first-order valence-corrected chi connectivity index (χ1v) is 21.4. The van der Waals surface area contributed by atoms with Gasteiger partial charge in [0.25, 0.3) is 0 Å². The molecule has 0 fully saturated rings. The highest BCUT2D eigenvalue weighted by molar-refractivity contribution is 5.80. The topological polar surface area (TPSA) is 110 Å². The number of rotatable bonds is 38. The molecule has 4 atom stereocenters. The van der Waals surface area contributed by atoms with Crippen LogP contribution in [-0.2, 0) is 4.79 Å². The molecule has 0 radical (unpaired) electrons. The minimum absolute atomic E-state index is 0.329. The smallest absolute Gasteiger partial charge is 0.249 e. The van der Waals surface area contributed by atoms with Gasteiger partial charge in [-0.3, -0.25) is 4.79 Å². The van der Waals surface area contributed by atoms with Gasteiger partial charge < -0.3 is 25.7 Å². The van der Waals surface area contributed by atoms with E-state index in [1.165, 1.54) is 128 Å². The van der Waals surface area contributed by atoms with E-state index < -0.39 is 36.9 Å². The monoisotopic (exact) mass is 706 g/mol. The highest BCUT2D eigenvalue weighted by Gasteiger charge is 2.28. The van der Waals surface area contributed by atoms with Crippen LogP contribution in [0, 0.1) is 0 Å². The summed E-state index contributed by atoms with van der Waals surface area (Å²) in [6.45, 7) is 4.01. The maximum Gasteiger partial charge on any atom is 0.249 e. The van der Waals surface area contributed by atoms with Gasteiger partial charge in [0, 0.05) is 0 Å². The van der Waals surface area contributed by atoms with Crippen molar-refractivity contribution in [2.24, 2.45) is 0 Å². The third kappa shape index (κ3) is 32.4. The molecule has 0 saturated heterocycles. The molecule has 0 aliphatic heterocycles. The van der Waals surface area contributed by atoms with Crippen LogP contribution in [0.5, 0.6) is 0 Å². The maximum atomic E-state index is 12.4. The zero-order valence-electron chi connectivity index (χ0n) is 32.9.